The maximum Gasteiger partial charge on any atom is 0.0593 e. The van der Waals surface area contributed by atoms with Gasteiger partial charge in [-0.15, -0.1) is 0 Å². The third kappa shape index (κ3) is 4.19. The van der Waals surface area contributed by atoms with Crippen LogP contribution in [0.3, 0.4) is 0 Å². The van der Waals surface area contributed by atoms with Crippen molar-refractivity contribution in [2.45, 2.75) is 58.4 Å². The van der Waals surface area contributed by atoms with Crippen molar-refractivity contribution in [1.29, 1.82) is 0 Å². The molecule has 2 atom stereocenters. The van der Waals surface area contributed by atoms with Crippen molar-refractivity contribution in [3.05, 3.63) is 0 Å². The van der Waals surface area contributed by atoms with Crippen molar-refractivity contribution in [1.82, 2.24) is 4.90 Å². The molecule has 2 fully saturated rings. The molecule has 2 aliphatic rings. The number of nitrogens with zero attached hydrogens (tertiary/aromatic N) is 1. The molecule has 3 heteroatoms. The molecule has 118 valence electrons. The third-order valence-corrected chi connectivity index (χ3v) is 5.25. The van der Waals surface area contributed by atoms with Crippen LogP contribution in [0.15, 0.2) is 0 Å². The Morgan fingerprint density at radius 1 is 1.25 bits per heavy atom. The summed E-state index contributed by atoms with van der Waals surface area (Å²) in [7, 11) is 2.24. The van der Waals surface area contributed by atoms with Crippen LogP contribution in [0.2, 0.25) is 0 Å². The van der Waals surface area contributed by atoms with Crippen LogP contribution in [0.25, 0.3) is 0 Å². The fraction of sp³-hybridized carbons (Fsp3) is 1.00. The summed E-state index contributed by atoms with van der Waals surface area (Å²) in [6, 6.07) is 0. The molecule has 0 bridgehead atoms. The first-order valence-electron chi connectivity index (χ1n) is 8.36. The van der Waals surface area contributed by atoms with Gasteiger partial charge in [-0.25, -0.2) is 0 Å². The first kappa shape index (κ1) is 16.3. The largest absolute Gasteiger partial charge is 0.380 e. The van der Waals surface area contributed by atoms with Crippen molar-refractivity contribution in [3.63, 3.8) is 0 Å². The second-order valence-corrected chi connectivity index (χ2v) is 8.22. The van der Waals surface area contributed by atoms with Gasteiger partial charge < -0.3 is 10.5 Å². The van der Waals surface area contributed by atoms with Crippen molar-refractivity contribution in [2.75, 3.05) is 33.4 Å². The summed E-state index contributed by atoms with van der Waals surface area (Å²) < 4.78 is 5.80. The van der Waals surface area contributed by atoms with E-state index in [-0.39, 0.29) is 5.54 Å². The van der Waals surface area contributed by atoms with E-state index in [2.05, 4.69) is 32.7 Å². The van der Waals surface area contributed by atoms with E-state index >= 15 is 0 Å². The summed E-state index contributed by atoms with van der Waals surface area (Å²) in [6.07, 6.45) is 6.50. The van der Waals surface area contributed by atoms with E-state index in [4.69, 9.17) is 10.5 Å². The number of nitrogens with two attached hydrogens (primary N) is 1. The molecule has 2 rings (SSSR count). The Bertz CT molecular complexity index is 314. The van der Waals surface area contributed by atoms with Crippen LogP contribution in [0.5, 0.6) is 0 Å². The van der Waals surface area contributed by atoms with Crippen LogP contribution in [-0.4, -0.2) is 43.8 Å². The smallest absolute Gasteiger partial charge is 0.0593 e. The van der Waals surface area contributed by atoms with E-state index in [0.29, 0.717) is 5.41 Å². The highest BCUT2D eigenvalue weighted by molar-refractivity contribution is 5.00. The van der Waals surface area contributed by atoms with Gasteiger partial charge >= 0.3 is 0 Å². The molecule has 0 amide bonds. The Kier molecular flexibility index (Phi) is 5.14. The molecule has 2 N–H and O–H groups in total. The molecule has 20 heavy (non-hydrogen) atoms. The van der Waals surface area contributed by atoms with Crippen LogP contribution in [-0.2, 0) is 4.74 Å². The Labute approximate surface area is 125 Å². The van der Waals surface area contributed by atoms with Gasteiger partial charge in [-0.1, -0.05) is 20.8 Å². The standard InChI is InChI=1S/C17H34N2O/c1-14-9-16(2,3)12-17(10-14,13-18)19(4)7-8-20-11-15-5-6-15/h14-15H,5-13,18H2,1-4H3. The van der Waals surface area contributed by atoms with E-state index in [1.165, 1.54) is 32.1 Å². The van der Waals surface area contributed by atoms with Crippen molar-refractivity contribution >= 4 is 0 Å². The molecule has 0 radical (unpaired) electrons. The second-order valence-electron chi connectivity index (χ2n) is 8.22. The molecule has 0 aliphatic heterocycles. The summed E-state index contributed by atoms with van der Waals surface area (Å²) in [5.74, 6) is 1.62. The molecule has 3 nitrogen and oxygen atoms in total. The molecule has 0 aromatic heterocycles. The fourth-order valence-corrected chi connectivity index (χ4v) is 4.27. The summed E-state index contributed by atoms with van der Waals surface area (Å²) in [5.41, 5.74) is 6.78. The van der Waals surface area contributed by atoms with Crippen molar-refractivity contribution in [2.24, 2.45) is 23.0 Å². The summed E-state index contributed by atoms with van der Waals surface area (Å²) in [6.45, 7) is 10.7. The zero-order valence-electron chi connectivity index (χ0n) is 14.0. The molecular formula is C17H34N2O. The van der Waals surface area contributed by atoms with Gasteiger partial charge in [0.2, 0.25) is 0 Å². The predicted octanol–water partition coefficient (Wildman–Crippen LogP) is 2.89. The predicted molar refractivity (Wildman–Crippen MR) is 84.8 cm³/mol. The quantitative estimate of drug-likeness (QED) is 0.730. The van der Waals surface area contributed by atoms with Gasteiger partial charge in [0.25, 0.3) is 0 Å². The Morgan fingerprint density at radius 2 is 1.95 bits per heavy atom. The minimum absolute atomic E-state index is 0.171. The molecule has 2 saturated carbocycles. The number of rotatable bonds is 7. The summed E-state index contributed by atoms with van der Waals surface area (Å²) in [5, 5.41) is 0. The zero-order valence-corrected chi connectivity index (χ0v) is 14.0. The highest BCUT2D eigenvalue weighted by Crippen LogP contribution is 2.45. The SMILES string of the molecule is CC1CC(C)(C)CC(CN)(N(C)CCOCC2CC2)C1. The van der Waals surface area contributed by atoms with E-state index in [1.807, 2.05) is 0 Å². The van der Waals surface area contributed by atoms with Crippen molar-refractivity contribution in [3.8, 4) is 0 Å². The number of hydrogen-bond acceptors (Lipinski definition) is 3. The number of hydrogen-bond donors (Lipinski definition) is 1. The lowest BCUT2D eigenvalue weighted by Gasteiger charge is -2.52. The Balaban J connectivity index is 1.86. The van der Waals surface area contributed by atoms with Crippen LogP contribution >= 0.6 is 0 Å². The monoisotopic (exact) mass is 282 g/mol. The van der Waals surface area contributed by atoms with E-state index in [1.54, 1.807) is 0 Å². The van der Waals surface area contributed by atoms with Crippen molar-refractivity contribution < 1.29 is 4.74 Å². The maximum absolute atomic E-state index is 6.20. The average Bonchev–Trinajstić information content (AvgIpc) is 3.15. The van der Waals surface area contributed by atoms with Gasteiger partial charge in [0, 0.05) is 25.2 Å². The van der Waals surface area contributed by atoms with Crippen LogP contribution in [0.4, 0.5) is 0 Å². The maximum atomic E-state index is 6.20. The fourth-order valence-electron chi connectivity index (χ4n) is 4.27. The Hall–Kier alpha value is -0.120. The zero-order chi connectivity index (χ0) is 14.8. The molecule has 0 heterocycles. The minimum atomic E-state index is 0.171. The number of ether oxygens (including phenoxy) is 1. The first-order chi connectivity index (χ1) is 9.37. The molecular weight excluding hydrogens is 248 g/mol. The minimum Gasteiger partial charge on any atom is -0.380 e. The van der Waals surface area contributed by atoms with Gasteiger partial charge in [0.05, 0.1) is 6.61 Å². The molecule has 2 unspecified atom stereocenters. The lowest BCUT2D eigenvalue weighted by molar-refractivity contribution is -0.0124. The van der Waals surface area contributed by atoms with Gasteiger partial charge in [0.1, 0.15) is 0 Å². The molecule has 0 aromatic carbocycles. The van der Waals surface area contributed by atoms with E-state index in [0.717, 1.165) is 38.1 Å². The average molecular weight is 282 g/mol. The lowest BCUT2D eigenvalue weighted by Crippen LogP contribution is -2.58. The molecule has 0 saturated heterocycles. The van der Waals surface area contributed by atoms with Crippen LogP contribution in [0.1, 0.15) is 52.9 Å². The highest BCUT2D eigenvalue weighted by Gasteiger charge is 2.44. The second kappa shape index (κ2) is 6.33. The summed E-state index contributed by atoms with van der Waals surface area (Å²) in [4.78, 5) is 2.48. The Morgan fingerprint density at radius 3 is 2.50 bits per heavy atom. The first-order valence-corrected chi connectivity index (χ1v) is 8.36. The topological polar surface area (TPSA) is 38.5 Å². The molecule has 0 spiro atoms. The molecule has 2 aliphatic carbocycles. The van der Waals surface area contributed by atoms with E-state index in [9.17, 15) is 0 Å². The summed E-state index contributed by atoms with van der Waals surface area (Å²) >= 11 is 0. The van der Waals surface area contributed by atoms with Gasteiger partial charge in [-0.3, -0.25) is 4.90 Å². The van der Waals surface area contributed by atoms with Gasteiger partial charge in [0.15, 0.2) is 0 Å². The van der Waals surface area contributed by atoms with E-state index < -0.39 is 0 Å². The molecule has 0 aromatic rings. The lowest BCUT2D eigenvalue weighted by atomic mass is 9.63. The van der Waals surface area contributed by atoms with Gasteiger partial charge in [-0.05, 0) is 56.4 Å². The third-order valence-electron chi connectivity index (χ3n) is 5.25. The normalized spacial score (nSPS) is 33.6. The van der Waals surface area contributed by atoms with Crippen LogP contribution in [0, 0.1) is 17.3 Å². The van der Waals surface area contributed by atoms with Gasteiger partial charge in [-0.2, -0.15) is 0 Å². The highest BCUT2D eigenvalue weighted by atomic mass is 16.5. The van der Waals surface area contributed by atoms with Crippen LogP contribution < -0.4 is 5.73 Å². The number of likely N-dealkylation sites (N-methyl/N-ethyl adjacent to an activating group) is 1.